The number of hydrogen-bond acceptors (Lipinski definition) is 2. The summed E-state index contributed by atoms with van der Waals surface area (Å²) in [6.45, 7) is 0. The van der Waals surface area contributed by atoms with Gasteiger partial charge in [-0.05, 0) is 24.3 Å². The third-order valence-corrected chi connectivity index (χ3v) is 1.97. The van der Waals surface area contributed by atoms with Crippen LogP contribution in [0.5, 0.6) is 0 Å². The zero-order valence-electron chi connectivity index (χ0n) is 7.55. The molecule has 2 nitrogen and oxygen atoms in total. The van der Waals surface area contributed by atoms with E-state index in [-0.39, 0.29) is 0 Å². The van der Waals surface area contributed by atoms with Gasteiger partial charge in [0.15, 0.2) is 0 Å². The number of benzene rings is 1. The second-order valence-corrected chi connectivity index (χ2v) is 2.92. The van der Waals surface area contributed by atoms with Crippen molar-refractivity contribution in [3.8, 4) is 0 Å². The largest absolute Gasteiger partial charge is 0.299 e. The molecule has 0 saturated carbocycles. The van der Waals surface area contributed by atoms with E-state index in [4.69, 9.17) is 0 Å². The SMILES string of the molecule is O=CC=Cc1ccc2ccccc2n1. The number of fused-ring (bicyclic) bond motifs is 1. The van der Waals surface area contributed by atoms with Crippen molar-refractivity contribution in [2.45, 2.75) is 0 Å². The minimum Gasteiger partial charge on any atom is -0.299 e. The second-order valence-electron chi connectivity index (χ2n) is 2.92. The van der Waals surface area contributed by atoms with Crippen molar-refractivity contribution in [1.29, 1.82) is 0 Å². The van der Waals surface area contributed by atoms with Gasteiger partial charge in [-0.3, -0.25) is 4.79 Å². The Kier molecular flexibility index (Phi) is 2.36. The Hall–Kier alpha value is -1.96. The van der Waals surface area contributed by atoms with Crippen molar-refractivity contribution < 1.29 is 4.79 Å². The average Bonchev–Trinajstić information content (AvgIpc) is 2.26. The smallest absolute Gasteiger partial charge is 0.142 e. The van der Waals surface area contributed by atoms with Crippen LogP contribution in [0.15, 0.2) is 42.5 Å². The molecule has 0 atom stereocenters. The van der Waals surface area contributed by atoms with Gasteiger partial charge in [0, 0.05) is 5.39 Å². The fraction of sp³-hybridized carbons (Fsp3) is 0. The molecule has 68 valence electrons. The maximum Gasteiger partial charge on any atom is 0.142 e. The van der Waals surface area contributed by atoms with E-state index in [1.165, 1.54) is 6.08 Å². The van der Waals surface area contributed by atoms with Crippen molar-refractivity contribution in [3.63, 3.8) is 0 Å². The minimum atomic E-state index is 0.747. The summed E-state index contributed by atoms with van der Waals surface area (Å²) in [6.07, 6.45) is 3.88. The van der Waals surface area contributed by atoms with E-state index in [0.717, 1.165) is 22.9 Å². The molecular formula is C12H9NO. The highest BCUT2D eigenvalue weighted by Gasteiger charge is 1.93. The number of aldehydes is 1. The van der Waals surface area contributed by atoms with E-state index in [2.05, 4.69) is 4.98 Å². The zero-order valence-corrected chi connectivity index (χ0v) is 7.55. The molecule has 0 aliphatic carbocycles. The molecular weight excluding hydrogens is 174 g/mol. The van der Waals surface area contributed by atoms with Gasteiger partial charge in [-0.15, -0.1) is 0 Å². The van der Waals surface area contributed by atoms with Crippen LogP contribution in [0.3, 0.4) is 0 Å². The van der Waals surface area contributed by atoms with E-state index in [0.29, 0.717) is 0 Å². The third kappa shape index (κ3) is 1.69. The number of carbonyl (C=O) groups is 1. The van der Waals surface area contributed by atoms with Crippen molar-refractivity contribution in [2.75, 3.05) is 0 Å². The Morgan fingerprint density at radius 3 is 2.79 bits per heavy atom. The molecule has 2 heteroatoms. The normalized spacial score (nSPS) is 10.9. The first kappa shape index (κ1) is 8.63. The van der Waals surface area contributed by atoms with Crippen molar-refractivity contribution >= 4 is 23.3 Å². The van der Waals surface area contributed by atoms with Gasteiger partial charge in [0.25, 0.3) is 0 Å². The molecule has 0 bridgehead atoms. The zero-order chi connectivity index (χ0) is 9.80. The molecule has 14 heavy (non-hydrogen) atoms. The van der Waals surface area contributed by atoms with Crippen molar-refractivity contribution in [2.24, 2.45) is 0 Å². The highest BCUT2D eigenvalue weighted by molar-refractivity contribution is 5.80. The van der Waals surface area contributed by atoms with Gasteiger partial charge in [0.1, 0.15) is 6.29 Å². The number of allylic oxidation sites excluding steroid dienone is 1. The molecule has 0 amide bonds. The van der Waals surface area contributed by atoms with Gasteiger partial charge in [-0.2, -0.15) is 0 Å². The topological polar surface area (TPSA) is 30.0 Å². The molecule has 0 fully saturated rings. The highest BCUT2D eigenvalue weighted by Crippen LogP contribution is 2.12. The summed E-state index contributed by atoms with van der Waals surface area (Å²) >= 11 is 0. The lowest BCUT2D eigenvalue weighted by atomic mass is 10.2. The van der Waals surface area contributed by atoms with Crippen LogP contribution in [0.1, 0.15) is 5.69 Å². The van der Waals surface area contributed by atoms with Crippen LogP contribution >= 0.6 is 0 Å². The molecule has 0 saturated heterocycles. The van der Waals surface area contributed by atoms with Crippen molar-refractivity contribution in [3.05, 3.63) is 48.2 Å². The van der Waals surface area contributed by atoms with E-state index in [1.807, 2.05) is 36.4 Å². The second kappa shape index (κ2) is 3.83. The molecule has 1 aromatic heterocycles. The summed E-state index contributed by atoms with van der Waals surface area (Å²) in [5.41, 5.74) is 1.75. The lowest BCUT2D eigenvalue weighted by Gasteiger charge is -1.97. The lowest BCUT2D eigenvalue weighted by Crippen LogP contribution is -1.82. The van der Waals surface area contributed by atoms with Crippen LogP contribution in [-0.2, 0) is 4.79 Å². The monoisotopic (exact) mass is 183 g/mol. The summed E-state index contributed by atoms with van der Waals surface area (Å²) < 4.78 is 0. The van der Waals surface area contributed by atoms with Crippen LogP contribution in [0, 0.1) is 0 Å². The number of pyridine rings is 1. The molecule has 0 aliphatic heterocycles. The number of nitrogens with zero attached hydrogens (tertiary/aromatic N) is 1. The Labute approximate surface area is 81.9 Å². The Morgan fingerprint density at radius 2 is 1.93 bits per heavy atom. The standard InChI is InChI=1S/C12H9NO/c14-9-3-5-11-8-7-10-4-1-2-6-12(10)13-11/h1-9H. The molecule has 0 unspecified atom stereocenters. The van der Waals surface area contributed by atoms with Gasteiger partial charge in [-0.25, -0.2) is 4.98 Å². The molecule has 1 aromatic carbocycles. The molecule has 1 heterocycles. The molecule has 0 spiro atoms. The third-order valence-electron chi connectivity index (χ3n) is 1.97. The van der Waals surface area contributed by atoms with Crippen LogP contribution in [-0.4, -0.2) is 11.3 Å². The quantitative estimate of drug-likeness (QED) is 0.528. The fourth-order valence-corrected chi connectivity index (χ4v) is 1.31. The first-order valence-corrected chi connectivity index (χ1v) is 4.38. The van der Waals surface area contributed by atoms with Gasteiger partial charge >= 0.3 is 0 Å². The molecule has 2 aromatic rings. The number of aromatic nitrogens is 1. The van der Waals surface area contributed by atoms with Crippen molar-refractivity contribution in [1.82, 2.24) is 4.98 Å². The maximum absolute atomic E-state index is 10.1. The maximum atomic E-state index is 10.1. The van der Waals surface area contributed by atoms with Crippen LogP contribution < -0.4 is 0 Å². The molecule has 2 rings (SSSR count). The number of para-hydroxylation sites is 1. The van der Waals surface area contributed by atoms with E-state index >= 15 is 0 Å². The highest BCUT2D eigenvalue weighted by atomic mass is 16.1. The summed E-state index contributed by atoms with van der Waals surface area (Å²) in [7, 11) is 0. The van der Waals surface area contributed by atoms with E-state index in [9.17, 15) is 4.79 Å². The first-order chi connectivity index (χ1) is 6.90. The fourth-order valence-electron chi connectivity index (χ4n) is 1.31. The Bertz CT molecular complexity index is 488. The van der Waals surface area contributed by atoms with Crippen LogP contribution in [0.25, 0.3) is 17.0 Å². The summed E-state index contributed by atoms with van der Waals surface area (Å²) in [5, 5.41) is 1.11. The Morgan fingerprint density at radius 1 is 1.07 bits per heavy atom. The number of carbonyl (C=O) groups excluding carboxylic acids is 1. The molecule has 0 radical (unpaired) electrons. The summed E-state index contributed by atoms with van der Waals surface area (Å²) in [5.74, 6) is 0. The summed E-state index contributed by atoms with van der Waals surface area (Å²) in [4.78, 5) is 14.5. The van der Waals surface area contributed by atoms with E-state index < -0.39 is 0 Å². The van der Waals surface area contributed by atoms with Gasteiger partial charge < -0.3 is 0 Å². The van der Waals surface area contributed by atoms with Gasteiger partial charge in [0.05, 0.1) is 11.2 Å². The molecule has 0 N–H and O–H groups in total. The predicted octanol–water partition coefficient (Wildman–Crippen LogP) is 2.45. The summed E-state index contributed by atoms with van der Waals surface area (Å²) in [6, 6.07) is 11.8. The van der Waals surface area contributed by atoms with Crippen LogP contribution in [0.2, 0.25) is 0 Å². The van der Waals surface area contributed by atoms with Gasteiger partial charge in [0.2, 0.25) is 0 Å². The average molecular weight is 183 g/mol. The minimum absolute atomic E-state index is 0.747. The number of rotatable bonds is 2. The lowest BCUT2D eigenvalue weighted by molar-refractivity contribution is -0.104. The molecule has 0 aliphatic rings. The number of hydrogen-bond donors (Lipinski definition) is 0. The predicted molar refractivity (Wildman–Crippen MR) is 56.8 cm³/mol. The Balaban J connectivity index is 2.51. The first-order valence-electron chi connectivity index (χ1n) is 4.38. The van der Waals surface area contributed by atoms with E-state index in [1.54, 1.807) is 6.08 Å². The van der Waals surface area contributed by atoms with Gasteiger partial charge in [-0.1, -0.05) is 24.3 Å². The van der Waals surface area contributed by atoms with Crippen LogP contribution in [0.4, 0.5) is 0 Å².